The summed E-state index contributed by atoms with van der Waals surface area (Å²) in [6, 6.07) is 14.8. The van der Waals surface area contributed by atoms with E-state index in [2.05, 4.69) is 42.6 Å². The number of hydrogen-bond donors (Lipinski definition) is 1. The molecule has 1 aliphatic carbocycles. The number of rotatable bonds is 3. The van der Waals surface area contributed by atoms with Gasteiger partial charge >= 0.3 is 0 Å². The molecule has 1 atom stereocenters. The van der Waals surface area contributed by atoms with Gasteiger partial charge in [-0.25, -0.2) is 0 Å². The molecule has 98 valence electrons. The van der Waals surface area contributed by atoms with Crippen LogP contribution in [-0.2, 0) is 4.79 Å². The molecular weight excluding hydrogens is 234 g/mol. The molecule has 2 heteroatoms. The summed E-state index contributed by atoms with van der Waals surface area (Å²) in [7, 11) is 0. The number of carbonyl (C=O) groups excluding carboxylic acids is 1. The van der Waals surface area contributed by atoms with Gasteiger partial charge in [0.25, 0.3) is 0 Å². The van der Waals surface area contributed by atoms with Gasteiger partial charge in [-0.15, -0.1) is 0 Å². The highest BCUT2D eigenvalue weighted by Crippen LogP contribution is 2.27. The van der Waals surface area contributed by atoms with Crippen molar-refractivity contribution in [2.45, 2.75) is 32.2 Å². The van der Waals surface area contributed by atoms with Gasteiger partial charge in [0.1, 0.15) is 0 Å². The Labute approximate surface area is 113 Å². The van der Waals surface area contributed by atoms with Crippen LogP contribution in [0.3, 0.4) is 0 Å². The quantitative estimate of drug-likeness (QED) is 0.885. The topological polar surface area (TPSA) is 29.1 Å². The summed E-state index contributed by atoms with van der Waals surface area (Å²) < 4.78 is 0. The molecular formula is C17H19NO. The highest BCUT2D eigenvalue weighted by atomic mass is 16.1. The average molecular weight is 253 g/mol. The lowest BCUT2D eigenvalue weighted by Crippen LogP contribution is -2.35. The van der Waals surface area contributed by atoms with Crippen LogP contribution in [0.25, 0.3) is 10.8 Å². The molecule has 2 aromatic rings. The first kappa shape index (κ1) is 12.2. The van der Waals surface area contributed by atoms with E-state index >= 15 is 0 Å². The van der Waals surface area contributed by atoms with Crippen molar-refractivity contribution in [2.75, 3.05) is 0 Å². The standard InChI is InChI=1S/C17H19NO/c1-12(18-17(19)14-7-4-8-14)15-10-9-13-5-2-3-6-16(13)11-15/h2-3,5-6,9-12,14H,4,7-8H2,1H3,(H,18,19). The molecule has 3 rings (SSSR count). The summed E-state index contributed by atoms with van der Waals surface area (Å²) in [4.78, 5) is 12.0. The maximum absolute atomic E-state index is 12.0. The summed E-state index contributed by atoms with van der Waals surface area (Å²) in [6.45, 7) is 2.06. The monoisotopic (exact) mass is 253 g/mol. The lowest BCUT2D eigenvalue weighted by molar-refractivity contribution is -0.128. The molecule has 0 heterocycles. The first-order valence-corrected chi connectivity index (χ1v) is 7.03. The molecule has 1 N–H and O–H groups in total. The molecule has 1 fully saturated rings. The predicted octanol–water partition coefficient (Wildman–Crippen LogP) is 3.82. The molecule has 1 saturated carbocycles. The van der Waals surface area contributed by atoms with Crippen LogP contribution >= 0.6 is 0 Å². The largest absolute Gasteiger partial charge is 0.349 e. The van der Waals surface area contributed by atoms with Crippen LogP contribution in [0.1, 0.15) is 37.8 Å². The Kier molecular flexibility index (Phi) is 3.24. The Bertz CT molecular complexity index is 601. The highest BCUT2D eigenvalue weighted by Gasteiger charge is 2.26. The zero-order valence-electron chi connectivity index (χ0n) is 11.2. The fraction of sp³-hybridized carbons (Fsp3) is 0.353. The van der Waals surface area contributed by atoms with Crippen molar-refractivity contribution in [1.82, 2.24) is 5.32 Å². The molecule has 0 aliphatic heterocycles. The number of fused-ring (bicyclic) bond motifs is 1. The Balaban J connectivity index is 1.77. The SMILES string of the molecule is CC(NC(=O)C1CCC1)c1ccc2ccccc2c1. The van der Waals surface area contributed by atoms with Crippen LogP contribution in [0, 0.1) is 5.92 Å². The smallest absolute Gasteiger partial charge is 0.223 e. The van der Waals surface area contributed by atoms with Crippen molar-refractivity contribution in [3.63, 3.8) is 0 Å². The second kappa shape index (κ2) is 5.04. The second-order valence-corrected chi connectivity index (χ2v) is 5.46. The maximum atomic E-state index is 12.0. The van der Waals surface area contributed by atoms with E-state index in [1.54, 1.807) is 0 Å². The zero-order chi connectivity index (χ0) is 13.2. The van der Waals surface area contributed by atoms with Gasteiger partial charge in [-0.3, -0.25) is 4.79 Å². The fourth-order valence-electron chi connectivity index (χ4n) is 2.56. The van der Waals surface area contributed by atoms with Gasteiger partial charge < -0.3 is 5.32 Å². The van der Waals surface area contributed by atoms with E-state index in [0.717, 1.165) is 12.8 Å². The van der Waals surface area contributed by atoms with E-state index in [1.807, 2.05) is 12.1 Å². The van der Waals surface area contributed by atoms with Crippen LogP contribution in [0.4, 0.5) is 0 Å². The third-order valence-corrected chi connectivity index (χ3v) is 4.11. The van der Waals surface area contributed by atoms with Crippen molar-refractivity contribution in [1.29, 1.82) is 0 Å². The molecule has 1 unspecified atom stereocenters. The van der Waals surface area contributed by atoms with Gasteiger partial charge in [-0.1, -0.05) is 42.8 Å². The van der Waals surface area contributed by atoms with Crippen molar-refractivity contribution < 1.29 is 4.79 Å². The van der Waals surface area contributed by atoms with Crippen molar-refractivity contribution >= 4 is 16.7 Å². The lowest BCUT2D eigenvalue weighted by Gasteiger charge is -2.26. The highest BCUT2D eigenvalue weighted by molar-refractivity contribution is 5.83. The van der Waals surface area contributed by atoms with Crippen molar-refractivity contribution in [3.05, 3.63) is 48.0 Å². The fourth-order valence-corrected chi connectivity index (χ4v) is 2.56. The van der Waals surface area contributed by atoms with Gasteiger partial charge in [0.05, 0.1) is 6.04 Å². The summed E-state index contributed by atoms with van der Waals surface area (Å²) in [5.41, 5.74) is 1.17. The molecule has 1 aliphatic rings. The minimum Gasteiger partial charge on any atom is -0.349 e. The zero-order valence-corrected chi connectivity index (χ0v) is 11.2. The van der Waals surface area contributed by atoms with Crippen LogP contribution in [0.5, 0.6) is 0 Å². The molecule has 0 radical (unpaired) electrons. The van der Waals surface area contributed by atoms with E-state index in [1.165, 1.54) is 22.8 Å². The second-order valence-electron chi connectivity index (χ2n) is 5.46. The minimum absolute atomic E-state index is 0.0812. The first-order valence-electron chi connectivity index (χ1n) is 7.03. The van der Waals surface area contributed by atoms with E-state index in [4.69, 9.17) is 0 Å². The van der Waals surface area contributed by atoms with Gasteiger partial charge in [-0.05, 0) is 42.2 Å². The number of amides is 1. The number of hydrogen-bond acceptors (Lipinski definition) is 1. The Hall–Kier alpha value is -1.83. The van der Waals surface area contributed by atoms with Crippen LogP contribution < -0.4 is 5.32 Å². The number of carbonyl (C=O) groups is 1. The minimum atomic E-state index is 0.0812. The van der Waals surface area contributed by atoms with Crippen LogP contribution in [0.15, 0.2) is 42.5 Å². The van der Waals surface area contributed by atoms with Gasteiger partial charge in [0, 0.05) is 5.92 Å². The van der Waals surface area contributed by atoms with Gasteiger partial charge in [0.2, 0.25) is 5.91 Å². The molecule has 0 aromatic heterocycles. The van der Waals surface area contributed by atoms with Gasteiger partial charge in [0.15, 0.2) is 0 Å². The Morgan fingerprint density at radius 1 is 1.16 bits per heavy atom. The van der Waals surface area contributed by atoms with Crippen LogP contribution in [0.2, 0.25) is 0 Å². The normalized spacial score (nSPS) is 16.9. The third-order valence-electron chi connectivity index (χ3n) is 4.11. The maximum Gasteiger partial charge on any atom is 0.223 e. The average Bonchev–Trinajstić information content (AvgIpc) is 2.36. The number of nitrogens with one attached hydrogen (secondary N) is 1. The molecule has 2 nitrogen and oxygen atoms in total. The van der Waals surface area contributed by atoms with Crippen molar-refractivity contribution in [2.24, 2.45) is 5.92 Å². The summed E-state index contributed by atoms with van der Waals surface area (Å²) in [6.07, 6.45) is 3.30. The lowest BCUT2D eigenvalue weighted by atomic mass is 9.84. The van der Waals surface area contributed by atoms with Crippen LogP contribution in [-0.4, -0.2) is 5.91 Å². The predicted molar refractivity (Wildman–Crippen MR) is 77.8 cm³/mol. The van der Waals surface area contributed by atoms with E-state index in [0.29, 0.717) is 0 Å². The molecule has 1 amide bonds. The number of benzene rings is 2. The third kappa shape index (κ3) is 2.48. The molecule has 2 aromatic carbocycles. The van der Waals surface area contributed by atoms with E-state index < -0.39 is 0 Å². The Morgan fingerprint density at radius 3 is 2.58 bits per heavy atom. The summed E-state index contributed by atoms with van der Waals surface area (Å²) >= 11 is 0. The van der Waals surface area contributed by atoms with E-state index in [-0.39, 0.29) is 17.9 Å². The molecule has 19 heavy (non-hydrogen) atoms. The summed E-state index contributed by atoms with van der Waals surface area (Å²) in [5.74, 6) is 0.467. The van der Waals surface area contributed by atoms with Crippen molar-refractivity contribution in [3.8, 4) is 0 Å². The van der Waals surface area contributed by atoms with E-state index in [9.17, 15) is 4.79 Å². The summed E-state index contributed by atoms with van der Waals surface area (Å²) in [5, 5.41) is 5.59. The molecule has 0 bridgehead atoms. The van der Waals surface area contributed by atoms with Gasteiger partial charge in [-0.2, -0.15) is 0 Å². The first-order chi connectivity index (χ1) is 9.24. The Morgan fingerprint density at radius 2 is 1.89 bits per heavy atom. The molecule has 0 spiro atoms. The molecule has 0 saturated heterocycles.